The lowest BCUT2D eigenvalue weighted by atomic mass is 9.67. The first-order valence-electron chi connectivity index (χ1n) is 5.14. The van der Waals surface area contributed by atoms with Gasteiger partial charge in [-0.3, -0.25) is 4.79 Å². The molecule has 84 valence electrons. The van der Waals surface area contributed by atoms with E-state index in [0.717, 1.165) is 12.8 Å². The molecule has 0 saturated heterocycles. The van der Waals surface area contributed by atoms with E-state index in [0.29, 0.717) is 5.41 Å². The first kappa shape index (κ1) is 10.9. The number of nitrogens with one attached hydrogen (secondary N) is 1. The fourth-order valence-corrected chi connectivity index (χ4v) is 2.90. The molecule has 5 heteroatoms. The molecule has 15 heavy (non-hydrogen) atoms. The Hall–Kier alpha value is -0.580. The van der Waals surface area contributed by atoms with Crippen LogP contribution in [0.2, 0.25) is 0 Å². The zero-order valence-electron chi connectivity index (χ0n) is 8.33. The second kappa shape index (κ2) is 3.77. The molecule has 0 radical (unpaired) electrons. The molecule has 0 bridgehead atoms. The number of carboxylic acid groups (broad SMARTS) is 1. The number of halogens is 1. The standard InChI is InChI=1S/C10H14BrNO3/c11-5-7(13)8(12-9(14)15)6-3-10(4-6)1-2-10/h6,8,12H,1-5H2,(H,14,15)/t8-/m0/s1. The Morgan fingerprint density at radius 2 is 2.07 bits per heavy atom. The zero-order valence-corrected chi connectivity index (χ0v) is 9.92. The molecule has 0 aromatic heterocycles. The van der Waals surface area contributed by atoms with Crippen molar-refractivity contribution in [2.45, 2.75) is 31.7 Å². The van der Waals surface area contributed by atoms with Crippen LogP contribution >= 0.6 is 15.9 Å². The molecule has 2 aliphatic carbocycles. The fourth-order valence-electron chi connectivity index (χ4n) is 2.55. The monoisotopic (exact) mass is 275 g/mol. The minimum Gasteiger partial charge on any atom is -0.465 e. The van der Waals surface area contributed by atoms with Crippen LogP contribution in [0.5, 0.6) is 0 Å². The average molecular weight is 276 g/mol. The van der Waals surface area contributed by atoms with Gasteiger partial charge in [-0.15, -0.1) is 0 Å². The van der Waals surface area contributed by atoms with Crippen LogP contribution in [0, 0.1) is 11.3 Å². The molecule has 0 heterocycles. The van der Waals surface area contributed by atoms with E-state index in [4.69, 9.17) is 5.11 Å². The largest absolute Gasteiger partial charge is 0.465 e. The highest BCUT2D eigenvalue weighted by Gasteiger charge is 2.55. The smallest absolute Gasteiger partial charge is 0.405 e. The van der Waals surface area contributed by atoms with Crippen molar-refractivity contribution < 1.29 is 14.7 Å². The molecule has 0 aromatic carbocycles. The van der Waals surface area contributed by atoms with Gasteiger partial charge in [0.25, 0.3) is 0 Å². The summed E-state index contributed by atoms with van der Waals surface area (Å²) >= 11 is 3.09. The van der Waals surface area contributed by atoms with Crippen LogP contribution < -0.4 is 5.32 Å². The van der Waals surface area contributed by atoms with Gasteiger partial charge in [0.1, 0.15) is 0 Å². The van der Waals surface area contributed by atoms with Gasteiger partial charge >= 0.3 is 6.09 Å². The number of ketones is 1. The van der Waals surface area contributed by atoms with Crippen LogP contribution in [-0.2, 0) is 4.79 Å². The summed E-state index contributed by atoms with van der Waals surface area (Å²) in [6.45, 7) is 0. The van der Waals surface area contributed by atoms with Gasteiger partial charge in [0, 0.05) is 0 Å². The van der Waals surface area contributed by atoms with Crippen LogP contribution in [0.25, 0.3) is 0 Å². The van der Waals surface area contributed by atoms with Crippen LogP contribution in [0.1, 0.15) is 25.7 Å². The van der Waals surface area contributed by atoms with Crippen molar-refractivity contribution in [2.75, 3.05) is 5.33 Å². The van der Waals surface area contributed by atoms with Gasteiger partial charge in [0.2, 0.25) is 0 Å². The van der Waals surface area contributed by atoms with Crippen LogP contribution in [-0.4, -0.2) is 28.4 Å². The molecule has 2 rings (SSSR count). The summed E-state index contributed by atoms with van der Waals surface area (Å²) in [7, 11) is 0. The van der Waals surface area contributed by atoms with Crippen molar-refractivity contribution in [3.63, 3.8) is 0 Å². The molecular formula is C10H14BrNO3. The summed E-state index contributed by atoms with van der Waals surface area (Å²) < 4.78 is 0. The summed E-state index contributed by atoms with van der Waals surface area (Å²) in [4.78, 5) is 22.1. The van der Waals surface area contributed by atoms with Crippen molar-refractivity contribution in [1.29, 1.82) is 0 Å². The topological polar surface area (TPSA) is 66.4 Å². The van der Waals surface area contributed by atoms with E-state index < -0.39 is 12.1 Å². The second-order valence-corrected chi connectivity index (χ2v) is 5.26. The SMILES string of the molecule is O=C(O)N[C@H](C(=O)CBr)C1CC2(CC2)C1. The van der Waals surface area contributed by atoms with Crippen molar-refractivity contribution >= 4 is 27.8 Å². The number of hydrogen-bond donors (Lipinski definition) is 2. The Labute approximate surface area is 96.5 Å². The van der Waals surface area contributed by atoms with Gasteiger partial charge in [0.05, 0.1) is 11.4 Å². The Morgan fingerprint density at radius 3 is 2.47 bits per heavy atom. The summed E-state index contributed by atoms with van der Waals surface area (Å²) in [5, 5.41) is 11.2. The van der Waals surface area contributed by atoms with E-state index >= 15 is 0 Å². The molecule has 2 aliphatic rings. The molecule has 1 atom stereocenters. The molecule has 0 aromatic rings. The Morgan fingerprint density at radius 1 is 1.47 bits per heavy atom. The third-order valence-corrected chi connectivity index (χ3v) is 4.13. The number of hydrogen-bond acceptors (Lipinski definition) is 2. The number of alkyl halides is 1. The predicted molar refractivity (Wildman–Crippen MR) is 58.1 cm³/mol. The maximum Gasteiger partial charge on any atom is 0.405 e. The quantitative estimate of drug-likeness (QED) is 0.769. The maximum atomic E-state index is 11.5. The van der Waals surface area contributed by atoms with Gasteiger partial charge in [-0.1, -0.05) is 15.9 Å². The molecule has 2 N–H and O–H groups in total. The first-order chi connectivity index (χ1) is 7.06. The third kappa shape index (κ3) is 2.17. The lowest BCUT2D eigenvalue weighted by molar-refractivity contribution is -0.121. The van der Waals surface area contributed by atoms with Gasteiger partial charge in [0.15, 0.2) is 5.78 Å². The van der Waals surface area contributed by atoms with Crippen LogP contribution in [0.4, 0.5) is 4.79 Å². The highest BCUT2D eigenvalue weighted by molar-refractivity contribution is 9.09. The van der Waals surface area contributed by atoms with E-state index in [1.165, 1.54) is 12.8 Å². The van der Waals surface area contributed by atoms with E-state index in [-0.39, 0.29) is 17.0 Å². The summed E-state index contributed by atoms with van der Waals surface area (Å²) in [6.07, 6.45) is 3.43. The Balaban J connectivity index is 1.93. The van der Waals surface area contributed by atoms with Crippen molar-refractivity contribution in [2.24, 2.45) is 11.3 Å². The normalized spacial score (nSPS) is 24.3. The Bertz CT molecular complexity index is 293. The molecule has 1 spiro atoms. The predicted octanol–water partition coefficient (Wildman–Crippen LogP) is 1.78. The zero-order chi connectivity index (χ0) is 11.1. The maximum absolute atomic E-state index is 11.5. The average Bonchev–Trinajstić information content (AvgIpc) is 2.90. The van der Waals surface area contributed by atoms with Gasteiger partial charge < -0.3 is 10.4 Å². The number of carbonyl (C=O) groups excluding carboxylic acids is 1. The van der Waals surface area contributed by atoms with Gasteiger partial charge in [-0.25, -0.2) is 4.79 Å². The Kier molecular flexibility index (Phi) is 2.75. The van der Waals surface area contributed by atoms with Crippen molar-refractivity contribution in [3.8, 4) is 0 Å². The molecule has 4 nitrogen and oxygen atoms in total. The molecule has 2 saturated carbocycles. The minimum atomic E-state index is -1.11. The molecular weight excluding hydrogens is 262 g/mol. The highest BCUT2D eigenvalue weighted by atomic mass is 79.9. The lowest BCUT2D eigenvalue weighted by Gasteiger charge is -2.40. The third-order valence-electron chi connectivity index (χ3n) is 3.58. The van der Waals surface area contributed by atoms with E-state index in [1.54, 1.807) is 0 Å². The number of Topliss-reactive ketones (excluding diaryl/α,β-unsaturated/α-hetero) is 1. The second-order valence-electron chi connectivity index (χ2n) is 4.70. The van der Waals surface area contributed by atoms with Crippen LogP contribution in [0.3, 0.4) is 0 Å². The van der Waals surface area contributed by atoms with Gasteiger partial charge in [-0.05, 0) is 37.0 Å². The minimum absolute atomic E-state index is 0.0575. The summed E-state index contributed by atoms with van der Waals surface area (Å²) in [5.74, 6) is 0.159. The number of amides is 1. The summed E-state index contributed by atoms with van der Waals surface area (Å²) in [5.41, 5.74) is 0.496. The van der Waals surface area contributed by atoms with E-state index in [9.17, 15) is 9.59 Å². The number of carbonyl (C=O) groups is 2. The first-order valence-corrected chi connectivity index (χ1v) is 6.27. The molecule has 0 unspecified atom stereocenters. The van der Waals surface area contributed by atoms with Gasteiger partial charge in [-0.2, -0.15) is 0 Å². The lowest BCUT2D eigenvalue weighted by Crippen LogP contribution is -2.50. The molecule has 2 fully saturated rings. The van der Waals surface area contributed by atoms with Crippen molar-refractivity contribution in [3.05, 3.63) is 0 Å². The van der Waals surface area contributed by atoms with E-state index in [2.05, 4.69) is 21.2 Å². The fraction of sp³-hybridized carbons (Fsp3) is 0.800. The molecule has 1 amide bonds. The summed E-state index contributed by atoms with van der Waals surface area (Å²) in [6, 6.07) is -0.506. The molecule has 0 aliphatic heterocycles. The van der Waals surface area contributed by atoms with Crippen molar-refractivity contribution in [1.82, 2.24) is 5.32 Å². The van der Waals surface area contributed by atoms with Crippen LogP contribution in [0.15, 0.2) is 0 Å². The number of rotatable bonds is 4. The van der Waals surface area contributed by atoms with E-state index in [1.807, 2.05) is 0 Å². The highest BCUT2D eigenvalue weighted by Crippen LogP contribution is 2.64.